The fraction of sp³-hybridized carbons (Fsp3) is 0.364. The molecule has 0 amide bonds. The average molecular weight is 301 g/mol. The van der Waals surface area contributed by atoms with Crippen molar-refractivity contribution in [2.75, 3.05) is 0 Å². The summed E-state index contributed by atoms with van der Waals surface area (Å²) in [5.41, 5.74) is 6.63. The smallest absolute Gasteiger partial charge is 0.169 e. The van der Waals surface area contributed by atoms with Crippen LogP contribution in [0.15, 0.2) is 26.6 Å². The third-order valence-corrected chi connectivity index (χ3v) is 4.10. The van der Waals surface area contributed by atoms with Crippen LogP contribution in [0.4, 0.5) is 0 Å². The molecule has 1 unspecified atom stereocenters. The molecule has 2 N–H and O–H groups in total. The molecular weight excluding hydrogens is 288 g/mol. The van der Waals surface area contributed by atoms with Crippen LogP contribution in [0.25, 0.3) is 11.5 Å². The summed E-state index contributed by atoms with van der Waals surface area (Å²) in [5, 5.41) is 2.92. The van der Waals surface area contributed by atoms with Crippen LogP contribution < -0.4 is 5.73 Å². The van der Waals surface area contributed by atoms with Crippen molar-refractivity contribution in [2.24, 2.45) is 5.73 Å². The highest BCUT2D eigenvalue weighted by Gasteiger charge is 2.23. The normalized spacial score (nSPS) is 15.0. The Kier molecular flexibility index (Phi) is 3.19. The number of rotatable bonds is 3. The van der Waals surface area contributed by atoms with Crippen LogP contribution in [0.3, 0.4) is 0 Å². The van der Waals surface area contributed by atoms with Crippen LogP contribution in [0.1, 0.15) is 25.3 Å². The van der Waals surface area contributed by atoms with Gasteiger partial charge >= 0.3 is 0 Å². The maximum absolute atomic E-state index is 6.14. The molecule has 2 rings (SSSR count). The molecule has 2 aromatic heterocycles. The third kappa shape index (κ3) is 2.21. The number of furan rings is 1. The van der Waals surface area contributed by atoms with E-state index in [1.807, 2.05) is 24.4 Å². The average Bonchev–Trinajstić information content (AvgIpc) is 2.85. The van der Waals surface area contributed by atoms with Crippen molar-refractivity contribution < 1.29 is 4.42 Å². The summed E-state index contributed by atoms with van der Waals surface area (Å²) >= 11 is 4.85. The van der Waals surface area contributed by atoms with E-state index in [1.165, 1.54) is 0 Å². The summed E-state index contributed by atoms with van der Waals surface area (Å²) in [4.78, 5) is 4.52. The van der Waals surface area contributed by atoms with E-state index in [0.717, 1.165) is 22.9 Å². The van der Waals surface area contributed by atoms with Gasteiger partial charge in [0.1, 0.15) is 10.7 Å². The van der Waals surface area contributed by atoms with Gasteiger partial charge in [-0.2, -0.15) is 0 Å². The topological polar surface area (TPSA) is 52.0 Å². The van der Waals surface area contributed by atoms with E-state index in [9.17, 15) is 0 Å². The van der Waals surface area contributed by atoms with E-state index in [-0.39, 0.29) is 5.54 Å². The summed E-state index contributed by atoms with van der Waals surface area (Å²) in [6.45, 7) is 4.05. The van der Waals surface area contributed by atoms with Gasteiger partial charge in [-0.05, 0) is 41.4 Å². The van der Waals surface area contributed by atoms with Crippen LogP contribution in [0.5, 0.6) is 0 Å². The van der Waals surface area contributed by atoms with E-state index in [4.69, 9.17) is 10.2 Å². The highest BCUT2D eigenvalue weighted by Crippen LogP contribution is 2.30. The lowest BCUT2D eigenvalue weighted by molar-refractivity contribution is 0.473. The molecule has 0 saturated heterocycles. The lowest BCUT2D eigenvalue weighted by atomic mass is 10.0. The van der Waals surface area contributed by atoms with Gasteiger partial charge in [0, 0.05) is 5.38 Å². The van der Waals surface area contributed by atoms with Gasteiger partial charge in [-0.3, -0.25) is 0 Å². The first-order chi connectivity index (χ1) is 7.53. The van der Waals surface area contributed by atoms with Gasteiger partial charge in [0.15, 0.2) is 10.4 Å². The van der Waals surface area contributed by atoms with Crippen molar-refractivity contribution in [1.82, 2.24) is 4.98 Å². The van der Waals surface area contributed by atoms with Gasteiger partial charge in [0.25, 0.3) is 0 Å². The molecule has 1 atom stereocenters. The van der Waals surface area contributed by atoms with Crippen molar-refractivity contribution in [3.63, 3.8) is 0 Å². The second-order valence-electron chi connectivity index (χ2n) is 3.91. The van der Waals surface area contributed by atoms with Gasteiger partial charge < -0.3 is 10.2 Å². The van der Waals surface area contributed by atoms with E-state index in [0.29, 0.717) is 4.67 Å². The van der Waals surface area contributed by atoms with E-state index >= 15 is 0 Å². The molecule has 0 bridgehead atoms. The number of aromatic nitrogens is 1. The van der Waals surface area contributed by atoms with E-state index < -0.39 is 0 Å². The molecular formula is C11H13BrN2OS. The standard InChI is InChI=1S/C11H13BrN2OS/c1-3-11(2,13)10-14-7(6-16-10)8-4-5-9(12)15-8/h4-6H,3,13H2,1-2H3. The fourth-order valence-corrected chi connectivity index (χ4v) is 2.52. The highest BCUT2D eigenvalue weighted by molar-refractivity contribution is 9.10. The number of nitrogens with two attached hydrogens (primary N) is 1. The van der Waals surface area contributed by atoms with Crippen LogP contribution >= 0.6 is 27.3 Å². The molecule has 86 valence electrons. The largest absolute Gasteiger partial charge is 0.448 e. The molecule has 0 fully saturated rings. The van der Waals surface area contributed by atoms with Crippen molar-refractivity contribution in [2.45, 2.75) is 25.8 Å². The Balaban J connectivity index is 2.33. The van der Waals surface area contributed by atoms with Gasteiger partial charge in [-0.15, -0.1) is 11.3 Å². The maximum Gasteiger partial charge on any atom is 0.169 e. The molecule has 2 aromatic rings. The summed E-state index contributed by atoms with van der Waals surface area (Å²) in [7, 11) is 0. The molecule has 0 aromatic carbocycles. The van der Waals surface area contributed by atoms with Gasteiger partial charge in [0.05, 0.1) is 5.54 Å². The highest BCUT2D eigenvalue weighted by atomic mass is 79.9. The molecule has 0 aliphatic rings. The number of halogens is 1. The first-order valence-corrected chi connectivity index (χ1v) is 6.71. The Morgan fingerprint density at radius 2 is 2.31 bits per heavy atom. The second-order valence-corrected chi connectivity index (χ2v) is 5.55. The number of hydrogen-bond acceptors (Lipinski definition) is 4. The van der Waals surface area contributed by atoms with Crippen LogP contribution in [0.2, 0.25) is 0 Å². The summed E-state index contributed by atoms with van der Waals surface area (Å²) in [6.07, 6.45) is 0.863. The Morgan fingerprint density at radius 3 is 2.88 bits per heavy atom. The molecule has 0 aliphatic carbocycles. The SMILES string of the molecule is CCC(C)(N)c1nc(-c2ccc(Br)o2)cs1. The molecule has 0 aliphatic heterocycles. The molecule has 5 heteroatoms. The third-order valence-electron chi connectivity index (χ3n) is 2.55. The zero-order valence-corrected chi connectivity index (χ0v) is 11.6. The molecule has 2 heterocycles. The monoisotopic (exact) mass is 300 g/mol. The van der Waals surface area contributed by atoms with E-state index in [1.54, 1.807) is 11.3 Å². The van der Waals surface area contributed by atoms with Gasteiger partial charge in [-0.25, -0.2) is 4.98 Å². The molecule has 0 spiro atoms. The molecule has 0 saturated carbocycles. The van der Waals surface area contributed by atoms with Crippen LogP contribution in [-0.4, -0.2) is 4.98 Å². The Bertz CT molecular complexity index is 490. The van der Waals surface area contributed by atoms with Crippen molar-refractivity contribution >= 4 is 27.3 Å². The Morgan fingerprint density at radius 1 is 1.56 bits per heavy atom. The minimum atomic E-state index is -0.354. The predicted octanol–water partition coefficient (Wildman–Crippen LogP) is 3.75. The van der Waals surface area contributed by atoms with E-state index in [2.05, 4.69) is 27.8 Å². The Labute approximate surface area is 107 Å². The first-order valence-electron chi connectivity index (χ1n) is 5.03. The predicted molar refractivity (Wildman–Crippen MR) is 69.3 cm³/mol. The zero-order valence-electron chi connectivity index (χ0n) is 9.16. The van der Waals surface area contributed by atoms with Crippen molar-refractivity contribution in [1.29, 1.82) is 0 Å². The number of nitrogens with zero attached hydrogens (tertiary/aromatic N) is 1. The zero-order chi connectivity index (χ0) is 11.8. The number of hydrogen-bond donors (Lipinski definition) is 1. The van der Waals surface area contributed by atoms with Crippen molar-refractivity contribution in [3.05, 3.63) is 27.2 Å². The molecule has 16 heavy (non-hydrogen) atoms. The lowest BCUT2D eigenvalue weighted by Crippen LogP contribution is -2.31. The fourth-order valence-electron chi connectivity index (χ4n) is 1.25. The second kappa shape index (κ2) is 4.31. The summed E-state index contributed by atoms with van der Waals surface area (Å²) in [5.74, 6) is 0.765. The summed E-state index contributed by atoms with van der Waals surface area (Å²) < 4.78 is 6.16. The minimum absolute atomic E-state index is 0.354. The van der Waals surface area contributed by atoms with Crippen LogP contribution in [-0.2, 0) is 5.54 Å². The van der Waals surface area contributed by atoms with Gasteiger partial charge in [0.2, 0.25) is 0 Å². The molecule has 0 radical (unpaired) electrons. The van der Waals surface area contributed by atoms with Crippen LogP contribution in [0, 0.1) is 0 Å². The van der Waals surface area contributed by atoms with Crippen molar-refractivity contribution in [3.8, 4) is 11.5 Å². The molecule has 3 nitrogen and oxygen atoms in total. The minimum Gasteiger partial charge on any atom is -0.448 e. The quantitative estimate of drug-likeness (QED) is 0.939. The lowest BCUT2D eigenvalue weighted by Gasteiger charge is -2.18. The first kappa shape index (κ1) is 11.8. The summed E-state index contributed by atoms with van der Waals surface area (Å²) in [6, 6.07) is 3.75. The Hall–Kier alpha value is -0.650. The van der Waals surface area contributed by atoms with Gasteiger partial charge in [-0.1, -0.05) is 6.92 Å². The number of thiazole rings is 1. The maximum atomic E-state index is 6.14.